The van der Waals surface area contributed by atoms with Crippen LogP contribution in [0.5, 0.6) is 0 Å². The van der Waals surface area contributed by atoms with E-state index in [1.165, 1.54) is 11.1 Å². The van der Waals surface area contributed by atoms with Gasteiger partial charge in [0.25, 0.3) is 0 Å². The van der Waals surface area contributed by atoms with Gasteiger partial charge in [-0.25, -0.2) is 0 Å². The lowest BCUT2D eigenvalue weighted by Gasteiger charge is -2.23. The molecule has 0 saturated heterocycles. The number of aliphatic hydroxyl groups is 1. The Hall–Kier alpha value is -0.300. The van der Waals surface area contributed by atoms with Gasteiger partial charge in [-0.15, -0.1) is 0 Å². The van der Waals surface area contributed by atoms with Crippen LogP contribution in [0.15, 0.2) is 11.1 Å². The van der Waals surface area contributed by atoms with E-state index in [4.69, 9.17) is 0 Å². The van der Waals surface area contributed by atoms with Gasteiger partial charge in [-0.1, -0.05) is 26.3 Å². The molecule has 0 spiro atoms. The Morgan fingerprint density at radius 2 is 1.80 bits per heavy atom. The van der Waals surface area contributed by atoms with Gasteiger partial charge in [-0.3, -0.25) is 0 Å². The van der Waals surface area contributed by atoms with Gasteiger partial charge in [0.15, 0.2) is 0 Å². The summed E-state index contributed by atoms with van der Waals surface area (Å²) in [5.74, 6) is 0. The van der Waals surface area contributed by atoms with E-state index in [9.17, 15) is 5.11 Å². The van der Waals surface area contributed by atoms with E-state index in [1.807, 2.05) is 0 Å². The van der Waals surface area contributed by atoms with Gasteiger partial charge in [-0.05, 0) is 24.3 Å². The highest BCUT2D eigenvalue weighted by molar-refractivity contribution is 5.37. The first kappa shape index (κ1) is 7.80. The van der Waals surface area contributed by atoms with Crippen molar-refractivity contribution >= 4 is 0 Å². The topological polar surface area (TPSA) is 20.2 Å². The maximum atomic E-state index is 9.64. The van der Waals surface area contributed by atoms with E-state index in [1.54, 1.807) is 0 Å². The van der Waals surface area contributed by atoms with E-state index in [2.05, 4.69) is 27.7 Å². The molecule has 1 atom stereocenters. The van der Waals surface area contributed by atoms with Gasteiger partial charge in [0.1, 0.15) is 0 Å². The summed E-state index contributed by atoms with van der Waals surface area (Å²) < 4.78 is 0. The molecule has 1 N–H and O–H groups in total. The van der Waals surface area contributed by atoms with Crippen molar-refractivity contribution in [3.05, 3.63) is 11.1 Å². The van der Waals surface area contributed by atoms with Crippen molar-refractivity contribution in [3.63, 3.8) is 0 Å². The lowest BCUT2D eigenvalue weighted by atomic mass is 9.87. The summed E-state index contributed by atoms with van der Waals surface area (Å²) in [6.45, 7) is 8.28. The van der Waals surface area contributed by atoms with Crippen LogP contribution in [-0.2, 0) is 0 Å². The normalized spacial score (nSPS) is 21.3. The second kappa shape index (κ2) is 2.09. The van der Waals surface area contributed by atoms with Crippen molar-refractivity contribution in [3.8, 4) is 0 Å². The Balaban J connectivity index is 2.59. The zero-order chi connectivity index (χ0) is 7.94. The van der Waals surface area contributed by atoms with Crippen LogP contribution < -0.4 is 0 Å². The number of aliphatic hydroxyl groups excluding tert-OH is 1. The number of rotatable bonds is 1. The maximum Gasteiger partial charge on any atom is 0.0804 e. The molecule has 0 bridgehead atoms. The first-order valence-corrected chi connectivity index (χ1v) is 3.79. The number of hydrogen-bond donors (Lipinski definition) is 1. The van der Waals surface area contributed by atoms with Crippen LogP contribution in [0.3, 0.4) is 0 Å². The van der Waals surface area contributed by atoms with Crippen LogP contribution >= 0.6 is 0 Å². The van der Waals surface area contributed by atoms with Gasteiger partial charge in [0.2, 0.25) is 0 Å². The van der Waals surface area contributed by atoms with Crippen LogP contribution in [0.1, 0.15) is 34.1 Å². The molecule has 0 aromatic heterocycles. The number of allylic oxidation sites excluding steroid dienone is 1. The maximum absolute atomic E-state index is 9.64. The SMILES string of the molecule is CC1=C(C(O)C(C)(C)C)C1. The van der Waals surface area contributed by atoms with Crippen molar-refractivity contribution in [2.75, 3.05) is 0 Å². The molecule has 0 aliphatic heterocycles. The van der Waals surface area contributed by atoms with E-state index in [0.29, 0.717) is 0 Å². The highest BCUT2D eigenvalue weighted by atomic mass is 16.3. The highest BCUT2D eigenvalue weighted by Crippen LogP contribution is 2.39. The zero-order valence-corrected chi connectivity index (χ0v) is 7.23. The first-order chi connectivity index (χ1) is 4.43. The minimum Gasteiger partial charge on any atom is -0.388 e. The smallest absolute Gasteiger partial charge is 0.0804 e. The second-order valence-electron chi connectivity index (χ2n) is 4.25. The average molecular weight is 140 g/mol. The van der Waals surface area contributed by atoms with Gasteiger partial charge in [0, 0.05) is 0 Å². The molecule has 0 radical (unpaired) electrons. The monoisotopic (exact) mass is 140 g/mol. The predicted molar refractivity (Wildman–Crippen MR) is 42.8 cm³/mol. The predicted octanol–water partition coefficient (Wildman–Crippen LogP) is 2.11. The third kappa shape index (κ3) is 1.40. The molecule has 0 saturated carbocycles. The van der Waals surface area contributed by atoms with Crippen molar-refractivity contribution in [2.45, 2.75) is 40.2 Å². The average Bonchev–Trinajstić information content (AvgIpc) is 2.42. The van der Waals surface area contributed by atoms with Gasteiger partial charge < -0.3 is 5.11 Å². The van der Waals surface area contributed by atoms with Gasteiger partial charge in [0.05, 0.1) is 6.10 Å². The fourth-order valence-corrected chi connectivity index (χ4v) is 1.09. The molecule has 1 nitrogen and oxygen atoms in total. The molecule has 1 aliphatic rings. The van der Waals surface area contributed by atoms with Crippen LogP contribution in [0, 0.1) is 5.41 Å². The van der Waals surface area contributed by atoms with E-state index >= 15 is 0 Å². The van der Waals surface area contributed by atoms with Crippen molar-refractivity contribution in [1.29, 1.82) is 0 Å². The molecule has 58 valence electrons. The molecule has 0 aromatic rings. The summed E-state index contributed by atoms with van der Waals surface area (Å²) in [6, 6.07) is 0. The zero-order valence-electron chi connectivity index (χ0n) is 7.23. The standard InChI is InChI=1S/C9H16O/c1-6-5-7(6)8(10)9(2,3)4/h8,10H,5H2,1-4H3. The quantitative estimate of drug-likeness (QED) is 0.553. The van der Waals surface area contributed by atoms with Crippen LogP contribution in [0.4, 0.5) is 0 Å². The Labute approximate surface area is 62.8 Å². The third-order valence-corrected chi connectivity index (χ3v) is 2.03. The van der Waals surface area contributed by atoms with E-state index in [0.717, 1.165) is 6.42 Å². The van der Waals surface area contributed by atoms with Crippen LogP contribution in [0.2, 0.25) is 0 Å². The van der Waals surface area contributed by atoms with Crippen LogP contribution in [0.25, 0.3) is 0 Å². The molecule has 1 aliphatic carbocycles. The van der Waals surface area contributed by atoms with Crippen molar-refractivity contribution < 1.29 is 5.11 Å². The summed E-state index contributed by atoms with van der Waals surface area (Å²) in [5.41, 5.74) is 2.66. The molecule has 0 aromatic carbocycles. The fraction of sp³-hybridized carbons (Fsp3) is 0.778. The van der Waals surface area contributed by atoms with Crippen LogP contribution in [-0.4, -0.2) is 11.2 Å². The Bertz CT molecular complexity index is 172. The van der Waals surface area contributed by atoms with Gasteiger partial charge in [-0.2, -0.15) is 0 Å². The molecular weight excluding hydrogens is 124 g/mol. The van der Waals surface area contributed by atoms with Crippen molar-refractivity contribution in [2.24, 2.45) is 5.41 Å². The fourth-order valence-electron chi connectivity index (χ4n) is 1.09. The summed E-state index contributed by atoms with van der Waals surface area (Å²) >= 11 is 0. The van der Waals surface area contributed by atoms with Crippen molar-refractivity contribution in [1.82, 2.24) is 0 Å². The first-order valence-electron chi connectivity index (χ1n) is 3.79. The Morgan fingerprint density at radius 1 is 1.40 bits per heavy atom. The summed E-state index contributed by atoms with van der Waals surface area (Å²) in [4.78, 5) is 0. The molecule has 1 rings (SSSR count). The van der Waals surface area contributed by atoms with E-state index in [-0.39, 0.29) is 11.5 Å². The highest BCUT2D eigenvalue weighted by Gasteiger charge is 2.32. The molecule has 0 fully saturated rings. The molecular formula is C9H16O. The summed E-state index contributed by atoms with van der Waals surface area (Å²) in [7, 11) is 0. The summed E-state index contributed by atoms with van der Waals surface area (Å²) in [5, 5.41) is 9.64. The Morgan fingerprint density at radius 3 is 1.90 bits per heavy atom. The minimum absolute atomic E-state index is 0.0209. The molecule has 1 unspecified atom stereocenters. The number of hydrogen-bond acceptors (Lipinski definition) is 1. The lowest BCUT2D eigenvalue weighted by Crippen LogP contribution is -2.24. The largest absolute Gasteiger partial charge is 0.388 e. The molecule has 10 heavy (non-hydrogen) atoms. The molecule has 0 amide bonds. The van der Waals surface area contributed by atoms with Gasteiger partial charge >= 0.3 is 0 Å². The lowest BCUT2D eigenvalue weighted by molar-refractivity contribution is 0.0984. The minimum atomic E-state index is -0.215. The molecule has 0 heterocycles. The third-order valence-electron chi connectivity index (χ3n) is 2.03. The Kier molecular flexibility index (Phi) is 1.63. The molecule has 1 heteroatoms. The summed E-state index contributed by atoms with van der Waals surface area (Å²) in [6.07, 6.45) is 0.839. The second-order valence-corrected chi connectivity index (χ2v) is 4.25. The van der Waals surface area contributed by atoms with E-state index < -0.39 is 0 Å².